The average molecular weight is 684 g/mol. The maximum Gasteiger partial charge on any atom is 0.425 e. The summed E-state index contributed by atoms with van der Waals surface area (Å²) in [7, 11) is -4.67. The maximum atomic E-state index is 13.9. The van der Waals surface area contributed by atoms with Crippen LogP contribution in [-0.2, 0) is 48.7 Å². The van der Waals surface area contributed by atoms with Crippen molar-refractivity contribution in [3.8, 4) is 0 Å². The first-order chi connectivity index (χ1) is 22.5. The van der Waals surface area contributed by atoms with Gasteiger partial charge in [-0.15, -0.1) is 0 Å². The van der Waals surface area contributed by atoms with Crippen LogP contribution in [0.3, 0.4) is 0 Å². The van der Waals surface area contributed by atoms with Crippen molar-refractivity contribution in [1.29, 1.82) is 0 Å². The molecule has 1 aliphatic rings. The Hall–Kier alpha value is -4.43. The summed E-state index contributed by atoms with van der Waals surface area (Å²) in [6.07, 6.45) is 1.85. The Morgan fingerprint density at radius 2 is 1.71 bits per heavy atom. The third-order valence-electron chi connectivity index (χ3n) is 6.97. The van der Waals surface area contributed by atoms with E-state index in [1.165, 1.54) is 6.26 Å². The number of esters is 1. The molecule has 0 spiro atoms. The number of benzene rings is 2. The highest BCUT2D eigenvalue weighted by Crippen LogP contribution is 2.26. The monoisotopic (exact) mass is 683 g/mol. The number of carbonyl (C=O) groups is 3. The fraction of sp³-hybridized carbons (Fsp3) is 0.471. The molecule has 48 heavy (non-hydrogen) atoms. The number of aliphatic imine (C=N–C) groups is 1. The second kappa shape index (κ2) is 15.2. The number of guanidine groups is 1. The minimum atomic E-state index is -4.67. The van der Waals surface area contributed by atoms with E-state index in [1.807, 2.05) is 12.1 Å². The van der Waals surface area contributed by atoms with Crippen molar-refractivity contribution >= 4 is 44.9 Å². The van der Waals surface area contributed by atoms with Crippen LogP contribution in [0.1, 0.15) is 71.3 Å². The summed E-state index contributed by atoms with van der Waals surface area (Å²) in [5, 5.41) is 7.22. The average Bonchev–Trinajstić information content (AvgIpc) is 3.39. The van der Waals surface area contributed by atoms with Gasteiger partial charge in [0.05, 0.1) is 12.8 Å². The molecule has 0 saturated carbocycles. The van der Waals surface area contributed by atoms with Gasteiger partial charge in [0.15, 0.2) is 5.96 Å². The number of rotatable bonds is 11. The summed E-state index contributed by atoms with van der Waals surface area (Å²) in [6.45, 7) is 11.0. The second-order valence-corrected chi connectivity index (χ2v) is 15.2. The molecule has 2 amide bonds. The number of aryl methyl sites for hydroxylation is 1. The molecule has 1 atom stereocenters. The molecule has 3 aromatic rings. The van der Waals surface area contributed by atoms with Crippen LogP contribution in [0.15, 0.2) is 64.2 Å². The Labute approximate surface area is 281 Å². The third-order valence-corrected chi connectivity index (χ3v) is 8.41. The van der Waals surface area contributed by atoms with E-state index in [9.17, 15) is 22.8 Å². The van der Waals surface area contributed by atoms with Crippen molar-refractivity contribution in [1.82, 2.24) is 19.7 Å². The highest BCUT2D eigenvalue weighted by atomic mass is 32.2. The molecule has 0 bridgehead atoms. The molecule has 0 radical (unpaired) electrons. The van der Waals surface area contributed by atoms with Crippen molar-refractivity contribution in [2.24, 2.45) is 4.99 Å². The van der Waals surface area contributed by atoms with E-state index in [4.69, 9.17) is 13.9 Å². The lowest BCUT2D eigenvalue weighted by atomic mass is 10.0. The first-order valence-corrected chi connectivity index (χ1v) is 17.3. The molecule has 1 unspecified atom stereocenters. The molecular formula is C34H45N5O8S. The third kappa shape index (κ3) is 10.8. The Morgan fingerprint density at radius 1 is 1.00 bits per heavy atom. The fourth-order valence-corrected chi connectivity index (χ4v) is 6.05. The van der Waals surface area contributed by atoms with E-state index < -0.39 is 39.5 Å². The van der Waals surface area contributed by atoms with E-state index in [0.29, 0.717) is 45.3 Å². The van der Waals surface area contributed by atoms with Gasteiger partial charge in [-0.25, -0.2) is 4.79 Å². The van der Waals surface area contributed by atoms with Gasteiger partial charge >= 0.3 is 22.3 Å². The number of furan rings is 1. The molecule has 2 aromatic carbocycles. The molecule has 1 aromatic heterocycles. The van der Waals surface area contributed by atoms with Gasteiger partial charge < -0.3 is 19.2 Å². The van der Waals surface area contributed by atoms with Crippen LogP contribution >= 0.6 is 0 Å². The maximum absolute atomic E-state index is 13.9. The van der Waals surface area contributed by atoms with Gasteiger partial charge in [0, 0.05) is 36.7 Å². The summed E-state index contributed by atoms with van der Waals surface area (Å²) in [6, 6.07) is 12.6. The van der Waals surface area contributed by atoms with Crippen LogP contribution in [-0.4, -0.2) is 67.0 Å². The summed E-state index contributed by atoms with van der Waals surface area (Å²) >= 11 is 0. The molecule has 13 nitrogen and oxygen atoms in total. The largest absolute Gasteiger partial charge is 0.468 e. The normalized spacial score (nSPS) is 14.4. The van der Waals surface area contributed by atoms with Crippen molar-refractivity contribution in [2.45, 2.75) is 91.0 Å². The number of nitrogens with zero attached hydrogens (tertiary/aromatic N) is 2. The Morgan fingerprint density at radius 3 is 2.35 bits per heavy atom. The van der Waals surface area contributed by atoms with E-state index in [2.05, 4.69) is 20.3 Å². The standard InChI is InChI=1S/C34H45N5O8S/c1-33(2,3)46-30(41)27(38-48(43,44)39(32(42)47-34(4,5)6)21-24-11-8-7-9-12-24)20-28-26-15-13-23(19-25(26)22-45-28)14-16-29(40)37-31-35-17-10-18-36-31/h7-9,11-13,15,19,22,27,38H,10,14,16-18,20-21H2,1-6H3,(H2,35,36,37,40). The minimum Gasteiger partial charge on any atom is -0.468 e. The summed E-state index contributed by atoms with van der Waals surface area (Å²) in [4.78, 5) is 43.4. The molecule has 4 rings (SSSR count). The van der Waals surface area contributed by atoms with Gasteiger partial charge in [0.25, 0.3) is 0 Å². The van der Waals surface area contributed by atoms with Crippen LogP contribution in [0.5, 0.6) is 0 Å². The van der Waals surface area contributed by atoms with E-state index in [1.54, 1.807) is 77.9 Å². The molecular weight excluding hydrogens is 638 g/mol. The SMILES string of the molecule is CC(C)(C)OC(=O)C(Cc1occ2cc(CCC(=O)NC3=NCCCN3)ccc12)NS(=O)(=O)N(Cc1ccccc1)C(=O)OC(C)(C)C. The topological polar surface area (TPSA) is 169 Å². The molecule has 14 heteroatoms. The number of fused-ring (bicyclic) bond motifs is 1. The van der Waals surface area contributed by atoms with E-state index in [0.717, 1.165) is 18.5 Å². The van der Waals surface area contributed by atoms with Crippen LogP contribution < -0.4 is 15.4 Å². The Bertz CT molecular complexity index is 1740. The summed E-state index contributed by atoms with van der Waals surface area (Å²) in [5.41, 5.74) is -0.487. The molecule has 0 saturated heterocycles. The van der Waals surface area contributed by atoms with Gasteiger partial charge in [0.1, 0.15) is 23.0 Å². The lowest BCUT2D eigenvalue weighted by molar-refractivity contribution is -0.157. The molecule has 1 aliphatic heterocycles. The smallest absolute Gasteiger partial charge is 0.425 e. The quantitative estimate of drug-likeness (QED) is 0.249. The summed E-state index contributed by atoms with van der Waals surface area (Å²) in [5.74, 6) is -0.179. The predicted octanol–water partition coefficient (Wildman–Crippen LogP) is 4.36. The van der Waals surface area contributed by atoms with Crippen molar-refractivity contribution in [2.75, 3.05) is 13.1 Å². The van der Waals surface area contributed by atoms with E-state index >= 15 is 0 Å². The molecule has 260 valence electrons. The lowest BCUT2D eigenvalue weighted by Crippen LogP contribution is -2.52. The summed E-state index contributed by atoms with van der Waals surface area (Å²) < 4.78 is 47.5. The lowest BCUT2D eigenvalue weighted by Gasteiger charge is -2.29. The van der Waals surface area contributed by atoms with Gasteiger partial charge in [0.2, 0.25) is 5.91 Å². The highest BCUT2D eigenvalue weighted by molar-refractivity contribution is 7.87. The zero-order chi connectivity index (χ0) is 35.1. The van der Waals surface area contributed by atoms with Gasteiger partial charge in [-0.05, 0) is 71.6 Å². The zero-order valence-electron chi connectivity index (χ0n) is 28.3. The number of hydrogen-bond donors (Lipinski definition) is 3. The molecule has 2 heterocycles. The first-order valence-electron chi connectivity index (χ1n) is 15.9. The molecule has 0 fully saturated rings. The number of amides is 2. The second-order valence-electron chi connectivity index (χ2n) is 13.5. The molecule has 3 N–H and O–H groups in total. The predicted molar refractivity (Wildman–Crippen MR) is 181 cm³/mol. The van der Waals surface area contributed by atoms with Crippen LogP contribution in [0.2, 0.25) is 0 Å². The Balaban J connectivity index is 1.55. The van der Waals surface area contributed by atoms with Gasteiger partial charge in [-0.3, -0.25) is 19.9 Å². The van der Waals surface area contributed by atoms with Crippen molar-refractivity contribution in [3.05, 3.63) is 71.7 Å². The molecule has 0 aliphatic carbocycles. The number of carbonyl (C=O) groups excluding carboxylic acids is 3. The zero-order valence-corrected chi connectivity index (χ0v) is 29.1. The van der Waals surface area contributed by atoms with E-state index in [-0.39, 0.29) is 25.3 Å². The van der Waals surface area contributed by atoms with Gasteiger partial charge in [-0.1, -0.05) is 42.5 Å². The number of ether oxygens (including phenoxy) is 2. The van der Waals surface area contributed by atoms with Gasteiger partial charge in [-0.2, -0.15) is 17.4 Å². The number of hydrogen-bond acceptors (Lipinski definition) is 10. The van der Waals surface area contributed by atoms with Crippen LogP contribution in [0.4, 0.5) is 4.79 Å². The van der Waals surface area contributed by atoms with Crippen LogP contribution in [0.25, 0.3) is 10.8 Å². The fourth-order valence-electron chi connectivity index (χ4n) is 4.83. The minimum absolute atomic E-state index is 0.156. The van der Waals surface area contributed by atoms with Crippen molar-refractivity contribution in [3.63, 3.8) is 0 Å². The van der Waals surface area contributed by atoms with Crippen LogP contribution in [0, 0.1) is 0 Å². The first kappa shape index (κ1) is 36.4. The van der Waals surface area contributed by atoms with Crippen molar-refractivity contribution < 1.29 is 36.7 Å². The Kier molecular flexibility index (Phi) is 11.5. The highest BCUT2D eigenvalue weighted by Gasteiger charge is 2.37. The number of nitrogens with one attached hydrogen (secondary N) is 3.